The number of ketones is 1. The standard InChI is InChI=1S/C6H9O2/c1-2-3-6(8)4-5-7/h4-5,7H,1-3H2/b5-4+. The first-order valence-corrected chi connectivity index (χ1v) is 2.44. The van der Waals surface area contributed by atoms with E-state index in [0.29, 0.717) is 12.8 Å². The molecule has 0 aliphatic carbocycles. The zero-order valence-corrected chi connectivity index (χ0v) is 4.63. The molecule has 0 aliphatic heterocycles. The molecule has 1 radical (unpaired) electrons. The van der Waals surface area contributed by atoms with Gasteiger partial charge in [0.15, 0.2) is 5.78 Å². The molecule has 45 valence electrons. The van der Waals surface area contributed by atoms with E-state index < -0.39 is 0 Å². The highest BCUT2D eigenvalue weighted by Crippen LogP contribution is 1.88. The Bertz CT molecular complexity index is 94.7. The molecule has 0 aromatic rings. The Hall–Kier alpha value is -0.790. The summed E-state index contributed by atoms with van der Waals surface area (Å²) in [7, 11) is 0. The highest BCUT2D eigenvalue weighted by molar-refractivity contribution is 5.89. The molecular weight excluding hydrogens is 104 g/mol. The van der Waals surface area contributed by atoms with Gasteiger partial charge in [-0.2, -0.15) is 0 Å². The zero-order chi connectivity index (χ0) is 6.41. The highest BCUT2D eigenvalue weighted by atomic mass is 16.2. The van der Waals surface area contributed by atoms with Crippen LogP contribution in [0.25, 0.3) is 0 Å². The van der Waals surface area contributed by atoms with Crippen LogP contribution >= 0.6 is 0 Å². The number of aliphatic hydroxyl groups is 1. The van der Waals surface area contributed by atoms with E-state index in [1.165, 1.54) is 0 Å². The molecular formula is C6H9O2. The van der Waals surface area contributed by atoms with E-state index in [1.807, 2.05) is 0 Å². The van der Waals surface area contributed by atoms with Crippen LogP contribution in [0.3, 0.4) is 0 Å². The van der Waals surface area contributed by atoms with Crippen LogP contribution in [-0.4, -0.2) is 10.9 Å². The lowest BCUT2D eigenvalue weighted by molar-refractivity contribution is -0.114. The van der Waals surface area contributed by atoms with Crippen molar-refractivity contribution in [2.45, 2.75) is 12.8 Å². The van der Waals surface area contributed by atoms with Gasteiger partial charge in [0.2, 0.25) is 0 Å². The van der Waals surface area contributed by atoms with E-state index in [-0.39, 0.29) is 5.78 Å². The lowest BCUT2D eigenvalue weighted by atomic mass is 10.2. The SMILES string of the molecule is [CH2]CCC(=O)/C=C/O. The molecule has 0 aromatic carbocycles. The third kappa shape index (κ3) is 3.40. The van der Waals surface area contributed by atoms with Gasteiger partial charge in [0.25, 0.3) is 0 Å². The van der Waals surface area contributed by atoms with E-state index in [9.17, 15) is 4.79 Å². The second-order valence-electron chi connectivity index (χ2n) is 1.39. The maximum atomic E-state index is 10.4. The van der Waals surface area contributed by atoms with Gasteiger partial charge < -0.3 is 5.11 Å². The van der Waals surface area contributed by atoms with Gasteiger partial charge in [-0.15, -0.1) is 0 Å². The van der Waals surface area contributed by atoms with Crippen molar-refractivity contribution in [3.63, 3.8) is 0 Å². The third-order valence-electron chi connectivity index (χ3n) is 0.684. The van der Waals surface area contributed by atoms with Crippen LogP contribution < -0.4 is 0 Å². The quantitative estimate of drug-likeness (QED) is 0.441. The van der Waals surface area contributed by atoms with Gasteiger partial charge >= 0.3 is 0 Å². The van der Waals surface area contributed by atoms with Crippen LogP contribution in [0.2, 0.25) is 0 Å². The summed E-state index contributed by atoms with van der Waals surface area (Å²) in [6.07, 6.45) is 2.88. The van der Waals surface area contributed by atoms with Crippen molar-refractivity contribution in [2.24, 2.45) is 0 Å². The van der Waals surface area contributed by atoms with Crippen molar-refractivity contribution in [3.8, 4) is 0 Å². The fourth-order valence-corrected chi connectivity index (χ4v) is 0.341. The molecule has 0 atom stereocenters. The van der Waals surface area contributed by atoms with Crippen LogP contribution in [0.15, 0.2) is 12.3 Å². The summed E-state index contributed by atoms with van der Waals surface area (Å²) < 4.78 is 0. The summed E-state index contributed by atoms with van der Waals surface area (Å²) in [6, 6.07) is 0. The second-order valence-corrected chi connectivity index (χ2v) is 1.39. The number of hydrogen-bond acceptors (Lipinski definition) is 2. The molecule has 0 aliphatic rings. The van der Waals surface area contributed by atoms with E-state index in [0.717, 1.165) is 12.3 Å². The monoisotopic (exact) mass is 113 g/mol. The number of allylic oxidation sites excluding steroid dienone is 1. The van der Waals surface area contributed by atoms with E-state index in [4.69, 9.17) is 5.11 Å². The van der Waals surface area contributed by atoms with Crippen LogP contribution in [0.4, 0.5) is 0 Å². The fourth-order valence-electron chi connectivity index (χ4n) is 0.341. The number of hydrogen-bond donors (Lipinski definition) is 1. The highest BCUT2D eigenvalue weighted by Gasteiger charge is 1.90. The Labute approximate surface area is 48.8 Å². The molecule has 0 fully saturated rings. The number of carbonyl (C=O) groups excluding carboxylic acids is 1. The van der Waals surface area contributed by atoms with Gasteiger partial charge in [0.1, 0.15) is 0 Å². The second kappa shape index (κ2) is 4.37. The minimum Gasteiger partial charge on any atom is -0.515 e. The first-order valence-electron chi connectivity index (χ1n) is 2.44. The topological polar surface area (TPSA) is 37.3 Å². The maximum Gasteiger partial charge on any atom is 0.158 e. The zero-order valence-electron chi connectivity index (χ0n) is 4.63. The first kappa shape index (κ1) is 7.21. The molecule has 0 amide bonds. The molecule has 2 heteroatoms. The lowest BCUT2D eigenvalue weighted by Gasteiger charge is -1.84. The summed E-state index contributed by atoms with van der Waals surface area (Å²) in [4.78, 5) is 10.4. The predicted octanol–water partition coefficient (Wildman–Crippen LogP) is 1.24. The first-order chi connectivity index (χ1) is 3.81. The average molecular weight is 113 g/mol. The van der Waals surface area contributed by atoms with Crippen molar-refractivity contribution in [1.82, 2.24) is 0 Å². The molecule has 0 rings (SSSR count). The summed E-state index contributed by atoms with van der Waals surface area (Å²) in [6.45, 7) is 3.47. The molecule has 1 N–H and O–H groups in total. The molecule has 2 nitrogen and oxygen atoms in total. The van der Waals surface area contributed by atoms with Crippen molar-refractivity contribution >= 4 is 5.78 Å². The molecule has 0 aromatic heterocycles. The minimum absolute atomic E-state index is 0.0810. The summed E-state index contributed by atoms with van der Waals surface area (Å²) in [5, 5.41) is 8.04. The lowest BCUT2D eigenvalue weighted by Crippen LogP contribution is -1.89. The summed E-state index contributed by atoms with van der Waals surface area (Å²) in [5.74, 6) is -0.0810. The van der Waals surface area contributed by atoms with Gasteiger partial charge in [0, 0.05) is 12.5 Å². The van der Waals surface area contributed by atoms with Gasteiger partial charge in [-0.25, -0.2) is 0 Å². The van der Waals surface area contributed by atoms with Gasteiger partial charge in [-0.1, -0.05) is 6.92 Å². The van der Waals surface area contributed by atoms with Crippen molar-refractivity contribution in [3.05, 3.63) is 19.3 Å². The van der Waals surface area contributed by atoms with E-state index in [1.54, 1.807) is 0 Å². The predicted molar refractivity (Wildman–Crippen MR) is 31.4 cm³/mol. The van der Waals surface area contributed by atoms with Crippen molar-refractivity contribution in [2.75, 3.05) is 0 Å². The fraction of sp³-hybridized carbons (Fsp3) is 0.333. The molecule has 0 unspecified atom stereocenters. The van der Waals surface area contributed by atoms with Gasteiger partial charge in [0.05, 0.1) is 6.26 Å². The molecule has 8 heavy (non-hydrogen) atoms. The molecule has 0 heterocycles. The van der Waals surface area contributed by atoms with Gasteiger partial charge in [-0.05, 0) is 6.42 Å². The average Bonchev–Trinajstić information content (AvgIpc) is 1.68. The summed E-state index contributed by atoms with van der Waals surface area (Å²) >= 11 is 0. The molecule has 0 saturated carbocycles. The maximum absolute atomic E-state index is 10.4. The minimum atomic E-state index is -0.0810. The third-order valence-corrected chi connectivity index (χ3v) is 0.684. The Balaban J connectivity index is 3.33. The smallest absolute Gasteiger partial charge is 0.158 e. The normalized spacial score (nSPS) is 10.1. The molecule has 0 bridgehead atoms. The molecule has 0 saturated heterocycles. The number of carbonyl (C=O) groups is 1. The Morgan fingerprint density at radius 1 is 1.75 bits per heavy atom. The van der Waals surface area contributed by atoms with E-state index >= 15 is 0 Å². The van der Waals surface area contributed by atoms with E-state index in [2.05, 4.69) is 6.92 Å². The summed E-state index contributed by atoms with van der Waals surface area (Å²) in [5.41, 5.74) is 0. The molecule has 0 spiro atoms. The van der Waals surface area contributed by atoms with Crippen LogP contribution in [0, 0.1) is 6.92 Å². The van der Waals surface area contributed by atoms with Crippen LogP contribution in [0.5, 0.6) is 0 Å². The van der Waals surface area contributed by atoms with Crippen LogP contribution in [-0.2, 0) is 4.79 Å². The Morgan fingerprint density at radius 3 is 2.75 bits per heavy atom. The van der Waals surface area contributed by atoms with Crippen molar-refractivity contribution < 1.29 is 9.90 Å². The van der Waals surface area contributed by atoms with Crippen molar-refractivity contribution in [1.29, 1.82) is 0 Å². The number of aliphatic hydroxyl groups excluding tert-OH is 1. The van der Waals surface area contributed by atoms with Gasteiger partial charge in [-0.3, -0.25) is 4.79 Å². The Kier molecular flexibility index (Phi) is 3.94. The van der Waals surface area contributed by atoms with Crippen LogP contribution in [0.1, 0.15) is 12.8 Å². The Morgan fingerprint density at radius 2 is 2.38 bits per heavy atom. The number of rotatable bonds is 3. The largest absolute Gasteiger partial charge is 0.515 e.